The molecule has 0 radical (unpaired) electrons. The summed E-state index contributed by atoms with van der Waals surface area (Å²) in [6.45, 7) is 4.15. The normalized spacial score (nSPS) is 14.2. The average molecular weight is 534 g/mol. The molecule has 0 atom stereocenters. The van der Waals surface area contributed by atoms with Crippen LogP contribution in [-0.4, -0.2) is 54.9 Å². The number of likely N-dealkylation sites (tertiary alicyclic amines) is 1. The minimum absolute atomic E-state index is 0.0676. The van der Waals surface area contributed by atoms with Gasteiger partial charge in [0.2, 0.25) is 5.91 Å². The van der Waals surface area contributed by atoms with Crippen LogP contribution in [0.5, 0.6) is 0 Å². The van der Waals surface area contributed by atoms with E-state index >= 15 is 0 Å². The van der Waals surface area contributed by atoms with Gasteiger partial charge in [-0.25, -0.2) is 4.39 Å². The second-order valence-electron chi connectivity index (χ2n) is 9.40. The minimum atomic E-state index is -0.345. The first-order chi connectivity index (χ1) is 18.3. The molecule has 2 amide bonds. The molecule has 38 heavy (non-hydrogen) atoms. The van der Waals surface area contributed by atoms with Crippen LogP contribution in [-0.2, 0) is 4.79 Å². The Morgan fingerprint density at radius 3 is 2.11 bits per heavy atom. The van der Waals surface area contributed by atoms with Crippen LogP contribution < -0.4 is 10.2 Å². The molecule has 3 aromatic carbocycles. The molecule has 1 aliphatic rings. The van der Waals surface area contributed by atoms with Crippen molar-refractivity contribution in [2.24, 2.45) is 5.92 Å². The van der Waals surface area contributed by atoms with E-state index in [1.807, 2.05) is 30.5 Å². The Kier molecular flexibility index (Phi) is 9.31. The second kappa shape index (κ2) is 12.8. The van der Waals surface area contributed by atoms with Gasteiger partial charge in [-0.15, -0.1) is 11.8 Å². The molecule has 1 heterocycles. The summed E-state index contributed by atoms with van der Waals surface area (Å²) in [4.78, 5) is 42.9. The quantitative estimate of drug-likeness (QED) is 0.280. The van der Waals surface area contributed by atoms with E-state index in [0.29, 0.717) is 29.9 Å². The molecule has 1 saturated heterocycles. The summed E-state index contributed by atoms with van der Waals surface area (Å²) in [7, 11) is 0. The second-order valence-corrected chi connectivity index (χ2v) is 10.3. The van der Waals surface area contributed by atoms with Gasteiger partial charge in [-0.1, -0.05) is 0 Å². The summed E-state index contributed by atoms with van der Waals surface area (Å²) in [5, 5.41) is 2.72. The number of rotatable bonds is 9. The fourth-order valence-corrected chi connectivity index (χ4v) is 5.08. The molecule has 0 saturated carbocycles. The lowest BCUT2D eigenvalue weighted by Crippen LogP contribution is -2.42. The van der Waals surface area contributed by atoms with E-state index in [2.05, 4.69) is 10.2 Å². The van der Waals surface area contributed by atoms with Crippen molar-refractivity contribution in [1.82, 2.24) is 4.90 Å². The predicted octanol–water partition coefficient (Wildman–Crippen LogP) is 5.75. The fourth-order valence-electron chi connectivity index (χ4n) is 4.68. The summed E-state index contributed by atoms with van der Waals surface area (Å²) in [5.74, 6) is -0.628. The van der Waals surface area contributed by atoms with Crippen LogP contribution in [0, 0.1) is 11.7 Å². The number of amides is 2. The number of anilines is 2. The molecule has 1 aliphatic heterocycles. The van der Waals surface area contributed by atoms with Crippen LogP contribution in [0.2, 0.25) is 0 Å². The van der Waals surface area contributed by atoms with E-state index in [1.165, 1.54) is 19.1 Å². The number of benzene rings is 3. The van der Waals surface area contributed by atoms with Crippen LogP contribution in [0.25, 0.3) is 0 Å². The maximum atomic E-state index is 13.6. The topological polar surface area (TPSA) is 69.7 Å². The molecule has 6 nitrogen and oxygen atoms in total. The van der Waals surface area contributed by atoms with Gasteiger partial charge in [-0.3, -0.25) is 14.4 Å². The van der Waals surface area contributed by atoms with Gasteiger partial charge in [-0.05, 0) is 105 Å². The Labute approximate surface area is 227 Å². The van der Waals surface area contributed by atoms with Crippen molar-refractivity contribution in [3.63, 3.8) is 0 Å². The average Bonchev–Trinajstić information content (AvgIpc) is 2.94. The molecule has 198 valence electrons. The third kappa shape index (κ3) is 7.08. The number of Topliss-reactive ketones (excluding diaryl/α,β-unsaturated/α-hetero) is 1. The van der Waals surface area contributed by atoms with Gasteiger partial charge >= 0.3 is 0 Å². The number of hydrogen-bond donors (Lipinski definition) is 1. The van der Waals surface area contributed by atoms with Crippen LogP contribution in [0.3, 0.4) is 0 Å². The van der Waals surface area contributed by atoms with Gasteiger partial charge in [0.25, 0.3) is 5.91 Å². The van der Waals surface area contributed by atoms with Crippen molar-refractivity contribution >= 4 is 40.7 Å². The molecule has 3 aromatic rings. The predicted molar refractivity (Wildman–Crippen MR) is 151 cm³/mol. The number of nitrogens with one attached hydrogen (secondary N) is 1. The van der Waals surface area contributed by atoms with Crippen molar-refractivity contribution in [2.75, 3.05) is 42.7 Å². The van der Waals surface area contributed by atoms with Crippen LogP contribution in [0.1, 0.15) is 40.5 Å². The summed E-state index contributed by atoms with van der Waals surface area (Å²) < 4.78 is 13.2. The maximum absolute atomic E-state index is 13.6. The van der Waals surface area contributed by atoms with Gasteiger partial charge in [0, 0.05) is 53.3 Å². The molecule has 1 fully saturated rings. The van der Waals surface area contributed by atoms with Crippen molar-refractivity contribution in [3.8, 4) is 0 Å². The summed E-state index contributed by atoms with van der Waals surface area (Å²) >= 11 is 1.65. The van der Waals surface area contributed by atoms with Gasteiger partial charge in [0.05, 0.1) is 0 Å². The zero-order valence-electron chi connectivity index (χ0n) is 21.7. The maximum Gasteiger partial charge on any atom is 0.258 e. The molecule has 0 spiro atoms. The number of hydrogen-bond acceptors (Lipinski definition) is 5. The fraction of sp³-hybridized carbons (Fsp3) is 0.300. The Bertz CT molecular complexity index is 1260. The number of ketones is 1. The molecule has 1 N–H and O–H groups in total. The number of piperidine rings is 1. The van der Waals surface area contributed by atoms with E-state index in [1.54, 1.807) is 53.1 Å². The number of thioether (sulfide) groups is 1. The summed E-state index contributed by atoms with van der Waals surface area (Å²) in [6.07, 6.45) is 3.48. The van der Waals surface area contributed by atoms with E-state index in [4.69, 9.17) is 0 Å². The first kappa shape index (κ1) is 27.5. The molecular weight excluding hydrogens is 501 g/mol. The Morgan fingerprint density at radius 1 is 0.921 bits per heavy atom. The number of carbonyl (C=O) groups is 3. The van der Waals surface area contributed by atoms with E-state index in [9.17, 15) is 18.8 Å². The smallest absolute Gasteiger partial charge is 0.258 e. The number of halogens is 1. The Morgan fingerprint density at radius 2 is 1.53 bits per heavy atom. The lowest BCUT2D eigenvalue weighted by molar-refractivity contribution is -0.114. The van der Waals surface area contributed by atoms with Crippen LogP contribution >= 0.6 is 11.8 Å². The Hall–Kier alpha value is -3.49. The van der Waals surface area contributed by atoms with E-state index in [-0.39, 0.29) is 29.3 Å². The SMILES string of the molecule is CSc1ccc(N(CCN2CCC(C(=O)c3ccc(F)cc3)CC2)C(=O)c2ccc(NC(C)=O)cc2)cc1. The molecule has 0 aromatic heterocycles. The van der Waals surface area contributed by atoms with Crippen molar-refractivity contribution in [1.29, 1.82) is 0 Å². The molecule has 0 bridgehead atoms. The standard InChI is InChI=1S/C30H32FN3O3S/c1-21(35)32-26-9-5-24(6-10-26)30(37)34(27-11-13-28(38-2)14-12-27)20-19-33-17-15-23(16-18-33)29(36)22-3-7-25(31)8-4-22/h3-14,23H,15-20H2,1-2H3,(H,32,35). The van der Waals surface area contributed by atoms with Crippen LogP contribution in [0.15, 0.2) is 77.7 Å². The third-order valence-electron chi connectivity index (χ3n) is 6.81. The lowest BCUT2D eigenvalue weighted by Gasteiger charge is -2.33. The molecule has 8 heteroatoms. The third-order valence-corrected chi connectivity index (χ3v) is 7.55. The van der Waals surface area contributed by atoms with Crippen molar-refractivity contribution in [3.05, 3.63) is 89.7 Å². The van der Waals surface area contributed by atoms with Crippen molar-refractivity contribution < 1.29 is 18.8 Å². The first-order valence-electron chi connectivity index (χ1n) is 12.7. The molecule has 4 rings (SSSR count). The zero-order chi connectivity index (χ0) is 27.1. The molecular formula is C30H32FN3O3S. The lowest BCUT2D eigenvalue weighted by atomic mass is 9.89. The van der Waals surface area contributed by atoms with E-state index in [0.717, 1.165) is 36.5 Å². The van der Waals surface area contributed by atoms with Crippen molar-refractivity contribution in [2.45, 2.75) is 24.7 Å². The highest BCUT2D eigenvalue weighted by Gasteiger charge is 2.27. The van der Waals surface area contributed by atoms with E-state index < -0.39 is 0 Å². The van der Waals surface area contributed by atoms with Crippen LogP contribution in [0.4, 0.5) is 15.8 Å². The molecule has 0 unspecified atom stereocenters. The molecule has 0 aliphatic carbocycles. The highest BCUT2D eigenvalue weighted by atomic mass is 32.2. The summed E-state index contributed by atoms with van der Waals surface area (Å²) in [6, 6.07) is 20.6. The van der Waals surface area contributed by atoms with Gasteiger partial charge in [0.1, 0.15) is 5.82 Å². The summed E-state index contributed by atoms with van der Waals surface area (Å²) in [5.41, 5.74) is 2.56. The van der Waals surface area contributed by atoms with Gasteiger partial charge in [-0.2, -0.15) is 0 Å². The minimum Gasteiger partial charge on any atom is -0.326 e. The zero-order valence-corrected chi connectivity index (χ0v) is 22.5. The monoisotopic (exact) mass is 533 g/mol. The number of nitrogens with zero attached hydrogens (tertiary/aromatic N) is 2. The first-order valence-corrected chi connectivity index (χ1v) is 13.9. The number of carbonyl (C=O) groups excluding carboxylic acids is 3. The largest absolute Gasteiger partial charge is 0.326 e. The highest BCUT2D eigenvalue weighted by molar-refractivity contribution is 7.98. The Balaban J connectivity index is 1.41. The van der Waals surface area contributed by atoms with Gasteiger partial charge in [0.15, 0.2) is 5.78 Å². The highest BCUT2D eigenvalue weighted by Crippen LogP contribution is 2.25. The van der Waals surface area contributed by atoms with Gasteiger partial charge < -0.3 is 15.1 Å².